The molecule has 0 aliphatic carbocycles. The molecule has 2 nitrogen and oxygen atoms in total. The maximum atomic E-state index is 8.54. The van der Waals surface area contributed by atoms with Crippen molar-refractivity contribution >= 4 is 10.9 Å². The number of hydrogen-bond acceptors (Lipinski definition) is 2. The van der Waals surface area contributed by atoms with Gasteiger partial charge in [0.15, 0.2) is 0 Å². The minimum atomic E-state index is 0.717. The lowest BCUT2D eigenvalue weighted by Crippen LogP contribution is -1.84. The number of para-hydroxylation sites is 1. The van der Waals surface area contributed by atoms with Crippen LogP contribution in [0.25, 0.3) is 10.9 Å². The van der Waals surface area contributed by atoms with Crippen LogP contribution in [0.3, 0.4) is 0 Å². The number of fused-ring (bicyclic) bond motifs is 1. The SMILES string of the molecule is O/C=C\Cc1cnc2ccccc2c1. The number of nitrogens with zero attached hydrogens (tertiary/aromatic N) is 1. The van der Waals surface area contributed by atoms with Crippen molar-refractivity contribution in [1.82, 2.24) is 4.98 Å². The molecule has 2 rings (SSSR count). The van der Waals surface area contributed by atoms with Gasteiger partial charge in [0.25, 0.3) is 0 Å². The summed E-state index contributed by atoms with van der Waals surface area (Å²) in [6.07, 6.45) is 5.32. The van der Waals surface area contributed by atoms with E-state index < -0.39 is 0 Å². The summed E-state index contributed by atoms with van der Waals surface area (Å²) in [5.41, 5.74) is 2.11. The Morgan fingerprint density at radius 3 is 3.00 bits per heavy atom. The zero-order chi connectivity index (χ0) is 9.80. The van der Waals surface area contributed by atoms with Gasteiger partial charge in [-0.3, -0.25) is 4.98 Å². The second-order valence-electron chi connectivity index (χ2n) is 3.13. The fourth-order valence-electron chi connectivity index (χ4n) is 1.42. The Labute approximate surface area is 82.5 Å². The van der Waals surface area contributed by atoms with Crippen LogP contribution in [0, 0.1) is 0 Å². The van der Waals surface area contributed by atoms with Crippen molar-refractivity contribution < 1.29 is 5.11 Å². The van der Waals surface area contributed by atoms with Gasteiger partial charge in [-0.15, -0.1) is 0 Å². The van der Waals surface area contributed by atoms with E-state index in [2.05, 4.69) is 11.1 Å². The summed E-state index contributed by atoms with van der Waals surface area (Å²) in [5.74, 6) is 0. The largest absolute Gasteiger partial charge is 0.516 e. The Bertz CT molecular complexity index is 463. The van der Waals surface area contributed by atoms with Crippen LogP contribution in [-0.4, -0.2) is 10.1 Å². The first-order valence-electron chi connectivity index (χ1n) is 4.53. The molecule has 0 spiro atoms. The van der Waals surface area contributed by atoms with Gasteiger partial charge in [0, 0.05) is 11.6 Å². The molecule has 0 aliphatic rings. The maximum Gasteiger partial charge on any atom is 0.0755 e. The van der Waals surface area contributed by atoms with E-state index in [1.165, 1.54) is 0 Å². The predicted octanol–water partition coefficient (Wildman–Crippen LogP) is 2.85. The van der Waals surface area contributed by atoms with Crippen molar-refractivity contribution in [2.45, 2.75) is 6.42 Å². The molecule has 0 aliphatic heterocycles. The third-order valence-corrected chi connectivity index (χ3v) is 2.11. The van der Waals surface area contributed by atoms with Crippen LogP contribution in [0.4, 0.5) is 0 Å². The van der Waals surface area contributed by atoms with E-state index in [0.717, 1.165) is 22.7 Å². The van der Waals surface area contributed by atoms with Gasteiger partial charge in [-0.05, 0) is 30.2 Å². The van der Waals surface area contributed by atoms with Gasteiger partial charge in [-0.2, -0.15) is 0 Å². The average molecular weight is 185 g/mol. The Morgan fingerprint density at radius 2 is 2.14 bits per heavy atom. The first kappa shape index (κ1) is 8.75. The molecule has 0 unspecified atom stereocenters. The summed E-state index contributed by atoms with van der Waals surface area (Å²) in [7, 11) is 0. The van der Waals surface area contributed by atoms with Gasteiger partial charge >= 0.3 is 0 Å². The highest BCUT2D eigenvalue weighted by atomic mass is 16.2. The lowest BCUT2D eigenvalue weighted by molar-refractivity contribution is 0.471. The minimum absolute atomic E-state index is 0.717. The van der Waals surface area contributed by atoms with Gasteiger partial charge in [-0.25, -0.2) is 0 Å². The highest BCUT2D eigenvalue weighted by Crippen LogP contribution is 2.12. The summed E-state index contributed by atoms with van der Waals surface area (Å²) in [4.78, 5) is 4.32. The van der Waals surface area contributed by atoms with E-state index in [4.69, 9.17) is 5.11 Å². The molecule has 1 N–H and O–H groups in total. The molecule has 0 amide bonds. The molecule has 2 heteroatoms. The van der Waals surface area contributed by atoms with Gasteiger partial charge in [0.2, 0.25) is 0 Å². The molecule has 2 aromatic rings. The number of allylic oxidation sites excluding steroid dienone is 1. The summed E-state index contributed by atoms with van der Waals surface area (Å²) in [6.45, 7) is 0. The summed E-state index contributed by atoms with van der Waals surface area (Å²) >= 11 is 0. The van der Waals surface area contributed by atoms with Crippen LogP contribution in [-0.2, 0) is 6.42 Å². The molecule has 70 valence electrons. The number of benzene rings is 1. The lowest BCUT2D eigenvalue weighted by Gasteiger charge is -1.99. The monoisotopic (exact) mass is 185 g/mol. The van der Waals surface area contributed by atoms with Crippen LogP contribution in [0.15, 0.2) is 48.9 Å². The number of rotatable bonds is 2. The van der Waals surface area contributed by atoms with Crippen LogP contribution in [0.1, 0.15) is 5.56 Å². The van der Waals surface area contributed by atoms with E-state index in [-0.39, 0.29) is 0 Å². The van der Waals surface area contributed by atoms with E-state index in [9.17, 15) is 0 Å². The third kappa shape index (κ3) is 1.74. The third-order valence-electron chi connectivity index (χ3n) is 2.11. The Kier molecular flexibility index (Phi) is 2.45. The molecule has 0 fully saturated rings. The topological polar surface area (TPSA) is 33.1 Å². The van der Waals surface area contributed by atoms with Crippen molar-refractivity contribution in [3.8, 4) is 0 Å². The molecule has 0 radical (unpaired) electrons. The Hall–Kier alpha value is -1.83. The first-order chi connectivity index (χ1) is 6.90. The lowest BCUT2D eigenvalue weighted by atomic mass is 10.1. The van der Waals surface area contributed by atoms with Crippen LogP contribution in [0.5, 0.6) is 0 Å². The van der Waals surface area contributed by atoms with Crippen molar-refractivity contribution in [3.05, 3.63) is 54.4 Å². The van der Waals surface area contributed by atoms with E-state index >= 15 is 0 Å². The minimum Gasteiger partial charge on any atom is -0.516 e. The molecule has 14 heavy (non-hydrogen) atoms. The van der Waals surface area contributed by atoms with Crippen molar-refractivity contribution in [2.75, 3.05) is 0 Å². The fourth-order valence-corrected chi connectivity index (χ4v) is 1.42. The molecule has 0 bridgehead atoms. The number of aromatic nitrogens is 1. The number of hydrogen-bond donors (Lipinski definition) is 1. The predicted molar refractivity (Wildman–Crippen MR) is 57.2 cm³/mol. The molecule has 1 aromatic carbocycles. The summed E-state index contributed by atoms with van der Waals surface area (Å²) in [6, 6.07) is 10.1. The number of aliphatic hydroxyl groups excluding tert-OH is 1. The molecule has 0 atom stereocenters. The number of pyridine rings is 1. The standard InChI is InChI=1S/C12H11NO/c14-7-3-4-10-8-11-5-1-2-6-12(11)13-9-10/h1-3,5-9,14H,4H2/b7-3-. The fraction of sp³-hybridized carbons (Fsp3) is 0.0833. The normalized spacial score (nSPS) is 11.1. The highest BCUT2D eigenvalue weighted by molar-refractivity contribution is 5.78. The van der Waals surface area contributed by atoms with Crippen molar-refractivity contribution in [1.29, 1.82) is 0 Å². The molecular formula is C12H11NO. The highest BCUT2D eigenvalue weighted by Gasteiger charge is 1.94. The Balaban J connectivity index is 2.41. The van der Waals surface area contributed by atoms with Gasteiger partial charge in [0.05, 0.1) is 11.8 Å². The summed E-state index contributed by atoms with van der Waals surface area (Å²) in [5, 5.41) is 9.68. The molecule has 1 aromatic heterocycles. The van der Waals surface area contributed by atoms with Crippen molar-refractivity contribution in [2.24, 2.45) is 0 Å². The van der Waals surface area contributed by atoms with Gasteiger partial charge in [0.1, 0.15) is 0 Å². The quantitative estimate of drug-likeness (QED) is 0.730. The van der Waals surface area contributed by atoms with Crippen LogP contribution in [0.2, 0.25) is 0 Å². The van der Waals surface area contributed by atoms with Crippen molar-refractivity contribution in [3.63, 3.8) is 0 Å². The molecular weight excluding hydrogens is 174 g/mol. The van der Waals surface area contributed by atoms with E-state index in [0.29, 0.717) is 6.42 Å². The molecule has 1 heterocycles. The van der Waals surface area contributed by atoms with E-state index in [1.54, 1.807) is 6.08 Å². The van der Waals surface area contributed by atoms with Crippen LogP contribution >= 0.6 is 0 Å². The molecule has 0 saturated heterocycles. The average Bonchev–Trinajstić information content (AvgIpc) is 2.26. The second-order valence-corrected chi connectivity index (χ2v) is 3.13. The summed E-state index contributed by atoms with van der Waals surface area (Å²) < 4.78 is 0. The first-order valence-corrected chi connectivity index (χ1v) is 4.53. The van der Waals surface area contributed by atoms with E-state index in [1.807, 2.05) is 30.5 Å². The zero-order valence-electron chi connectivity index (χ0n) is 7.72. The number of aliphatic hydroxyl groups is 1. The Morgan fingerprint density at radius 1 is 1.29 bits per heavy atom. The maximum absolute atomic E-state index is 8.54. The van der Waals surface area contributed by atoms with Crippen LogP contribution < -0.4 is 0 Å². The smallest absolute Gasteiger partial charge is 0.0755 e. The molecule has 0 saturated carbocycles. The van der Waals surface area contributed by atoms with Gasteiger partial charge < -0.3 is 5.11 Å². The zero-order valence-corrected chi connectivity index (χ0v) is 7.72. The van der Waals surface area contributed by atoms with Gasteiger partial charge in [-0.1, -0.05) is 18.2 Å². The second kappa shape index (κ2) is 3.92.